The van der Waals surface area contributed by atoms with Gasteiger partial charge in [0.05, 0.1) is 11.8 Å². The van der Waals surface area contributed by atoms with Crippen molar-refractivity contribution in [2.24, 2.45) is 18.9 Å². The normalized spacial score (nSPS) is 23.9. The Morgan fingerprint density at radius 3 is 3.00 bits per heavy atom. The average Bonchev–Trinajstić information content (AvgIpc) is 2.94. The van der Waals surface area contributed by atoms with Crippen LogP contribution in [-0.4, -0.2) is 27.6 Å². The summed E-state index contributed by atoms with van der Waals surface area (Å²) in [5, 5.41) is 8.04. The van der Waals surface area contributed by atoms with Crippen molar-refractivity contribution in [3.05, 3.63) is 18.0 Å². The van der Waals surface area contributed by atoms with Gasteiger partial charge in [0, 0.05) is 25.1 Å². The Labute approximate surface area is 110 Å². The summed E-state index contributed by atoms with van der Waals surface area (Å²) in [6.45, 7) is 0.782. The number of hydrogen-bond donors (Lipinski definition) is 1. The molecule has 1 aliphatic rings. The number of hydrogen-bond acceptors (Lipinski definition) is 2. The van der Waals surface area contributed by atoms with Gasteiger partial charge in [-0.2, -0.15) is 5.10 Å². The summed E-state index contributed by atoms with van der Waals surface area (Å²) in [5.74, 6) is 1.32. The van der Waals surface area contributed by atoms with E-state index in [4.69, 9.17) is 0 Å². The Morgan fingerprint density at radius 2 is 2.35 bits per heavy atom. The van der Waals surface area contributed by atoms with Gasteiger partial charge in [0.15, 0.2) is 0 Å². The van der Waals surface area contributed by atoms with Crippen molar-refractivity contribution < 1.29 is 4.79 Å². The Balaban J connectivity index is 1.84. The third-order valence-corrected chi connectivity index (χ3v) is 4.34. The number of carbonyl (C=O) groups excluding carboxylic acids is 1. The van der Waals surface area contributed by atoms with Crippen LogP contribution in [0.25, 0.3) is 0 Å². The summed E-state index contributed by atoms with van der Waals surface area (Å²) in [5.41, 5.74) is 0.640. The summed E-state index contributed by atoms with van der Waals surface area (Å²) < 4.78 is 1.64. The van der Waals surface area contributed by atoms with Gasteiger partial charge in [-0.05, 0) is 24.7 Å². The Hall–Kier alpha value is -0.840. The van der Waals surface area contributed by atoms with E-state index >= 15 is 0 Å². The standard InChI is InChI=1S/C12H18BrN3O/c1-16-8-11(7-15-16)12(17)14-6-10-4-2-3-9(10)5-13/h7-10H,2-6H2,1H3,(H,14,17). The van der Waals surface area contributed by atoms with Gasteiger partial charge in [0.25, 0.3) is 5.91 Å². The first-order chi connectivity index (χ1) is 8.20. The molecule has 1 fully saturated rings. The molecule has 17 heavy (non-hydrogen) atoms. The van der Waals surface area contributed by atoms with Crippen LogP contribution in [0.3, 0.4) is 0 Å². The van der Waals surface area contributed by atoms with E-state index in [1.807, 2.05) is 7.05 Å². The Bertz CT molecular complexity index is 391. The number of aromatic nitrogens is 2. The fourth-order valence-electron chi connectivity index (χ4n) is 2.45. The van der Waals surface area contributed by atoms with Crippen LogP contribution in [0, 0.1) is 11.8 Å². The van der Waals surface area contributed by atoms with E-state index < -0.39 is 0 Å². The van der Waals surface area contributed by atoms with E-state index in [0.717, 1.165) is 11.9 Å². The number of amides is 1. The molecule has 0 bridgehead atoms. The SMILES string of the molecule is Cn1cc(C(=O)NCC2CCCC2CBr)cn1. The molecule has 0 spiro atoms. The smallest absolute Gasteiger partial charge is 0.254 e. The largest absolute Gasteiger partial charge is 0.352 e. The number of alkyl halides is 1. The zero-order chi connectivity index (χ0) is 12.3. The first-order valence-corrected chi connectivity index (χ1v) is 7.15. The molecule has 0 saturated heterocycles. The molecular weight excluding hydrogens is 282 g/mol. The minimum absolute atomic E-state index is 0.0154. The second-order valence-electron chi connectivity index (χ2n) is 4.72. The summed E-state index contributed by atoms with van der Waals surface area (Å²) in [6, 6.07) is 0. The first kappa shape index (κ1) is 12.6. The minimum atomic E-state index is -0.0154. The highest BCUT2D eigenvalue weighted by Gasteiger charge is 2.26. The van der Waals surface area contributed by atoms with Gasteiger partial charge in [-0.15, -0.1) is 0 Å². The first-order valence-electron chi connectivity index (χ1n) is 6.03. The van der Waals surface area contributed by atoms with Crippen molar-refractivity contribution in [2.75, 3.05) is 11.9 Å². The highest BCUT2D eigenvalue weighted by molar-refractivity contribution is 9.09. The molecule has 1 aliphatic carbocycles. The number of nitrogens with one attached hydrogen (secondary N) is 1. The molecule has 1 aromatic rings. The summed E-state index contributed by atoms with van der Waals surface area (Å²) in [7, 11) is 1.81. The number of carbonyl (C=O) groups is 1. The van der Waals surface area contributed by atoms with Gasteiger partial charge in [-0.25, -0.2) is 0 Å². The Morgan fingerprint density at radius 1 is 1.59 bits per heavy atom. The number of aryl methyl sites for hydroxylation is 1. The van der Waals surface area contributed by atoms with E-state index in [1.165, 1.54) is 19.3 Å². The van der Waals surface area contributed by atoms with Gasteiger partial charge in [-0.1, -0.05) is 22.4 Å². The van der Waals surface area contributed by atoms with Crippen LogP contribution < -0.4 is 5.32 Å². The predicted molar refractivity (Wildman–Crippen MR) is 70.2 cm³/mol. The van der Waals surface area contributed by atoms with Crippen LogP contribution in [0.2, 0.25) is 0 Å². The lowest BCUT2D eigenvalue weighted by Gasteiger charge is -2.17. The van der Waals surface area contributed by atoms with E-state index in [-0.39, 0.29) is 5.91 Å². The van der Waals surface area contributed by atoms with E-state index in [2.05, 4.69) is 26.3 Å². The molecule has 2 atom stereocenters. The van der Waals surface area contributed by atoms with Crippen molar-refractivity contribution in [1.82, 2.24) is 15.1 Å². The molecule has 1 heterocycles. The second kappa shape index (κ2) is 5.67. The van der Waals surface area contributed by atoms with Gasteiger partial charge in [-0.3, -0.25) is 9.48 Å². The topological polar surface area (TPSA) is 46.9 Å². The predicted octanol–water partition coefficient (Wildman–Crippen LogP) is 1.96. The van der Waals surface area contributed by atoms with Crippen LogP contribution in [-0.2, 0) is 7.05 Å². The molecule has 0 radical (unpaired) electrons. The molecule has 5 heteroatoms. The maximum absolute atomic E-state index is 11.8. The lowest BCUT2D eigenvalue weighted by atomic mass is 9.98. The van der Waals surface area contributed by atoms with Gasteiger partial charge < -0.3 is 5.32 Å². The maximum Gasteiger partial charge on any atom is 0.254 e. The van der Waals surface area contributed by atoms with Crippen molar-refractivity contribution in [1.29, 1.82) is 0 Å². The van der Waals surface area contributed by atoms with Crippen molar-refractivity contribution in [3.8, 4) is 0 Å². The van der Waals surface area contributed by atoms with E-state index in [0.29, 0.717) is 17.4 Å². The third-order valence-electron chi connectivity index (χ3n) is 3.51. The van der Waals surface area contributed by atoms with Crippen molar-refractivity contribution in [2.45, 2.75) is 19.3 Å². The van der Waals surface area contributed by atoms with Crippen LogP contribution in [0.1, 0.15) is 29.6 Å². The highest BCUT2D eigenvalue weighted by Crippen LogP contribution is 2.32. The molecule has 0 aliphatic heterocycles. The van der Waals surface area contributed by atoms with Crippen molar-refractivity contribution >= 4 is 21.8 Å². The molecule has 4 nitrogen and oxygen atoms in total. The zero-order valence-electron chi connectivity index (χ0n) is 10.0. The highest BCUT2D eigenvalue weighted by atomic mass is 79.9. The molecule has 1 aromatic heterocycles. The van der Waals surface area contributed by atoms with Crippen LogP contribution >= 0.6 is 15.9 Å². The molecule has 94 valence electrons. The van der Waals surface area contributed by atoms with E-state index in [9.17, 15) is 4.79 Å². The van der Waals surface area contributed by atoms with Crippen LogP contribution in [0.5, 0.6) is 0 Å². The zero-order valence-corrected chi connectivity index (χ0v) is 11.6. The number of rotatable bonds is 4. The van der Waals surface area contributed by atoms with Gasteiger partial charge >= 0.3 is 0 Å². The van der Waals surface area contributed by atoms with E-state index in [1.54, 1.807) is 17.1 Å². The van der Waals surface area contributed by atoms with Gasteiger partial charge in [0.2, 0.25) is 0 Å². The fraction of sp³-hybridized carbons (Fsp3) is 0.667. The molecule has 1 N–H and O–H groups in total. The van der Waals surface area contributed by atoms with Crippen LogP contribution in [0.4, 0.5) is 0 Å². The number of nitrogens with zero attached hydrogens (tertiary/aromatic N) is 2. The van der Waals surface area contributed by atoms with Crippen molar-refractivity contribution in [3.63, 3.8) is 0 Å². The molecule has 1 amide bonds. The molecular formula is C12H18BrN3O. The number of halogens is 1. The monoisotopic (exact) mass is 299 g/mol. The van der Waals surface area contributed by atoms with Gasteiger partial charge in [0.1, 0.15) is 0 Å². The maximum atomic E-state index is 11.8. The molecule has 2 rings (SSSR count). The average molecular weight is 300 g/mol. The lowest BCUT2D eigenvalue weighted by molar-refractivity contribution is 0.0944. The summed E-state index contributed by atoms with van der Waals surface area (Å²) >= 11 is 3.55. The molecule has 1 saturated carbocycles. The molecule has 0 aromatic carbocycles. The lowest BCUT2D eigenvalue weighted by Crippen LogP contribution is -2.31. The quantitative estimate of drug-likeness (QED) is 0.864. The summed E-state index contributed by atoms with van der Waals surface area (Å²) in [4.78, 5) is 11.8. The molecule has 2 unspecified atom stereocenters. The van der Waals surface area contributed by atoms with Crippen LogP contribution in [0.15, 0.2) is 12.4 Å². The fourth-order valence-corrected chi connectivity index (χ4v) is 3.30. The summed E-state index contributed by atoms with van der Waals surface area (Å²) in [6.07, 6.45) is 7.13. The Kier molecular flexibility index (Phi) is 4.20. The second-order valence-corrected chi connectivity index (χ2v) is 5.37. The minimum Gasteiger partial charge on any atom is -0.352 e. The third kappa shape index (κ3) is 3.09.